The lowest BCUT2D eigenvalue weighted by atomic mass is 10.0. The van der Waals surface area contributed by atoms with E-state index in [-0.39, 0.29) is 0 Å². The molecule has 0 bridgehead atoms. The van der Waals surface area contributed by atoms with Crippen LogP contribution in [-0.4, -0.2) is 19.1 Å². The number of alkyl halides is 1. The van der Waals surface area contributed by atoms with E-state index in [1.54, 1.807) is 0 Å². The Labute approximate surface area is 132 Å². The Hall–Kier alpha value is 0.250. The first-order valence-electron chi connectivity index (χ1n) is 9.05. The molecule has 0 spiro atoms. The van der Waals surface area contributed by atoms with E-state index < -0.39 is 0 Å². The van der Waals surface area contributed by atoms with Crippen molar-refractivity contribution >= 4 is 11.6 Å². The Bertz CT molecular complexity index is 143. The molecule has 0 aliphatic rings. The Morgan fingerprint density at radius 2 is 0.950 bits per heavy atom. The molecule has 2 heteroatoms. The van der Waals surface area contributed by atoms with Crippen LogP contribution in [0.2, 0.25) is 0 Å². The van der Waals surface area contributed by atoms with Crippen molar-refractivity contribution in [2.75, 3.05) is 19.1 Å². The van der Waals surface area contributed by atoms with E-state index >= 15 is 0 Å². The van der Waals surface area contributed by atoms with Crippen molar-refractivity contribution in [1.29, 1.82) is 0 Å². The van der Waals surface area contributed by atoms with E-state index in [0.29, 0.717) is 12.5 Å². The molecule has 0 fully saturated rings. The Morgan fingerprint density at radius 3 is 1.35 bits per heavy atom. The molecule has 0 rings (SSSR count). The summed E-state index contributed by atoms with van der Waals surface area (Å²) >= 11 is 5.54. The Kier molecular flexibility index (Phi) is 19.5. The van der Waals surface area contributed by atoms with Gasteiger partial charge in [0.1, 0.15) is 0 Å². The van der Waals surface area contributed by atoms with Crippen LogP contribution < -0.4 is 0 Å². The van der Waals surface area contributed by atoms with Crippen LogP contribution in [0.3, 0.4) is 0 Å². The van der Waals surface area contributed by atoms with Gasteiger partial charge in [-0.1, -0.05) is 90.4 Å². The molecule has 0 radical (unpaired) electrons. The van der Waals surface area contributed by atoms with Crippen molar-refractivity contribution in [3.63, 3.8) is 0 Å². The maximum atomic E-state index is 5.54. The highest BCUT2D eigenvalue weighted by molar-refractivity contribution is 6.17. The predicted molar refractivity (Wildman–Crippen MR) is 91.9 cm³/mol. The first-order chi connectivity index (χ1) is 9.91. The van der Waals surface area contributed by atoms with Gasteiger partial charge in [-0.25, -0.2) is 0 Å². The molecule has 0 unspecified atom stereocenters. The second kappa shape index (κ2) is 19.2. The molecule has 0 saturated heterocycles. The zero-order valence-corrected chi connectivity index (χ0v) is 14.6. The first kappa shape index (κ1) is 20.2. The van der Waals surface area contributed by atoms with Crippen LogP contribution in [0, 0.1) is 0 Å². The molecule has 1 nitrogen and oxygen atoms in total. The number of hydrogen-bond acceptors (Lipinski definition) is 1. The minimum absolute atomic E-state index is 0.624. The lowest BCUT2D eigenvalue weighted by molar-refractivity contribution is 0.144. The predicted octanol–water partition coefficient (Wildman–Crippen LogP) is 6.72. The van der Waals surface area contributed by atoms with Crippen molar-refractivity contribution in [1.82, 2.24) is 0 Å². The van der Waals surface area contributed by atoms with E-state index in [1.807, 2.05) is 0 Å². The standard InChI is InChI=1S/C18H37ClO/c1-2-3-4-5-6-7-8-9-10-11-12-13-14-15-17-20-18-16-19/h2-18H2,1H3. The number of rotatable bonds is 17. The van der Waals surface area contributed by atoms with Gasteiger partial charge in [-0.2, -0.15) is 0 Å². The van der Waals surface area contributed by atoms with Crippen molar-refractivity contribution in [2.24, 2.45) is 0 Å². The summed E-state index contributed by atoms with van der Waals surface area (Å²) in [5.74, 6) is 0.624. The fourth-order valence-electron chi connectivity index (χ4n) is 2.56. The number of hydrogen-bond donors (Lipinski definition) is 0. The largest absolute Gasteiger partial charge is 0.380 e. The molecule has 0 saturated carbocycles. The molecule has 0 aromatic carbocycles. The molecule has 0 aromatic heterocycles. The first-order valence-corrected chi connectivity index (χ1v) is 9.59. The van der Waals surface area contributed by atoms with Crippen LogP contribution in [0.1, 0.15) is 96.8 Å². The second-order valence-electron chi connectivity index (χ2n) is 5.90. The molecule has 20 heavy (non-hydrogen) atoms. The van der Waals surface area contributed by atoms with Crippen LogP contribution in [0.4, 0.5) is 0 Å². The van der Waals surface area contributed by atoms with Crippen LogP contribution in [0.25, 0.3) is 0 Å². The van der Waals surface area contributed by atoms with Gasteiger partial charge in [-0.3, -0.25) is 0 Å². The van der Waals surface area contributed by atoms with E-state index in [2.05, 4.69) is 6.92 Å². The quantitative estimate of drug-likeness (QED) is 0.214. The van der Waals surface area contributed by atoms with Crippen molar-refractivity contribution in [3.8, 4) is 0 Å². The molecule has 0 aliphatic heterocycles. The minimum atomic E-state index is 0.624. The molecule has 0 N–H and O–H groups in total. The summed E-state index contributed by atoms with van der Waals surface area (Å²) in [5.41, 5.74) is 0. The fraction of sp³-hybridized carbons (Fsp3) is 1.00. The molecule has 0 amide bonds. The molecule has 0 aliphatic carbocycles. The van der Waals surface area contributed by atoms with E-state index in [9.17, 15) is 0 Å². The molecule has 0 heterocycles. The second-order valence-corrected chi connectivity index (χ2v) is 6.28. The number of unbranched alkanes of at least 4 members (excludes halogenated alkanes) is 13. The zero-order chi connectivity index (χ0) is 14.7. The lowest BCUT2D eigenvalue weighted by Gasteiger charge is -2.03. The summed E-state index contributed by atoms with van der Waals surface area (Å²) in [6.45, 7) is 3.89. The van der Waals surface area contributed by atoms with Gasteiger partial charge < -0.3 is 4.74 Å². The van der Waals surface area contributed by atoms with Crippen LogP contribution in [0.5, 0.6) is 0 Å². The summed E-state index contributed by atoms with van der Waals surface area (Å²) in [6, 6.07) is 0. The van der Waals surface area contributed by atoms with Gasteiger partial charge in [0.05, 0.1) is 6.61 Å². The van der Waals surface area contributed by atoms with E-state index in [1.165, 1.54) is 89.9 Å². The normalized spacial score (nSPS) is 11.1. The Morgan fingerprint density at radius 1 is 0.550 bits per heavy atom. The minimum Gasteiger partial charge on any atom is -0.380 e. The van der Waals surface area contributed by atoms with Crippen molar-refractivity contribution < 1.29 is 4.74 Å². The average Bonchev–Trinajstić information content (AvgIpc) is 2.47. The molecular formula is C18H37ClO. The van der Waals surface area contributed by atoms with Crippen LogP contribution in [0.15, 0.2) is 0 Å². The summed E-state index contributed by atoms with van der Waals surface area (Å²) in [6.07, 6.45) is 19.7. The maximum absolute atomic E-state index is 5.54. The fourth-order valence-corrected chi connectivity index (χ4v) is 2.66. The van der Waals surface area contributed by atoms with Gasteiger partial charge in [-0.05, 0) is 6.42 Å². The molecule has 0 aromatic rings. The van der Waals surface area contributed by atoms with Gasteiger partial charge in [0.25, 0.3) is 0 Å². The maximum Gasteiger partial charge on any atom is 0.0601 e. The highest BCUT2D eigenvalue weighted by atomic mass is 35.5. The van der Waals surface area contributed by atoms with Crippen LogP contribution >= 0.6 is 11.6 Å². The van der Waals surface area contributed by atoms with E-state index in [0.717, 1.165) is 6.61 Å². The number of halogens is 1. The van der Waals surface area contributed by atoms with Gasteiger partial charge in [0, 0.05) is 12.5 Å². The summed E-state index contributed by atoms with van der Waals surface area (Å²) < 4.78 is 5.36. The van der Waals surface area contributed by atoms with Crippen molar-refractivity contribution in [3.05, 3.63) is 0 Å². The summed E-state index contributed by atoms with van der Waals surface area (Å²) in [5, 5.41) is 0. The lowest BCUT2D eigenvalue weighted by Crippen LogP contribution is -1.97. The Balaban J connectivity index is 2.89. The average molecular weight is 305 g/mol. The highest BCUT2D eigenvalue weighted by Crippen LogP contribution is 2.12. The molecule has 0 atom stereocenters. The smallest absolute Gasteiger partial charge is 0.0601 e. The van der Waals surface area contributed by atoms with Gasteiger partial charge in [0.15, 0.2) is 0 Å². The van der Waals surface area contributed by atoms with Gasteiger partial charge in [-0.15, -0.1) is 11.6 Å². The van der Waals surface area contributed by atoms with Crippen LogP contribution in [-0.2, 0) is 4.74 Å². The van der Waals surface area contributed by atoms with Gasteiger partial charge >= 0.3 is 0 Å². The zero-order valence-electron chi connectivity index (χ0n) is 13.8. The molecule has 122 valence electrons. The van der Waals surface area contributed by atoms with E-state index in [4.69, 9.17) is 16.3 Å². The summed E-state index contributed by atoms with van der Waals surface area (Å²) in [7, 11) is 0. The third-order valence-electron chi connectivity index (χ3n) is 3.86. The third kappa shape index (κ3) is 18.2. The third-order valence-corrected chi connectivity index (χ3v) is 4.02. The topological polar surface area (TPSA) is 9.23 Å². The van der Waals surface area contributed by atoms with Gasteiger partial charge in [0.2, 0.25) is 0 Å². The monoisotopic (exact) mass is 304 g/mol. The summed E-state index contributed by atoms with van der Waals surface area (Å²) in [4.78, 5) is 0. The number of ether oxygens (including phenoxy) is 1. The van der Waals surface area contributed by atoms with Crippen molar-refractivity contribution in [2.45, 2.75) is 96.8 Å². The highest BCUT2D eigenvalue weighted by Gasteiger charge is 1.94. The molecular weight excluding hydrogens is 268 g/mol. The SMILES string of the molecule is CCCCCCCCCCCCCCCCOCCCl.